The van der Waals surface area contributed by atoms with Gasteiger partial charge in [-0.15, -0.1) is 0 Å². The van der Waals surface area contributed by atoms with Crippen LogP contribution in [0.15, 0.2) is 63.8 Å². The average molecular weight is 363 g/mol. The molecule has 2 heterocycles. The molecule has 8 nitrogen and oxygen atoms in total. The Bertz CT molecular complexity index is 1130. The van der Waals surface area contributed by atoms with E-state index in [4.69, 9.17) is 4.42 Å². The second-order valence-electron chi connectivity index (χ2n) is 6.07. The highest BCUT2D eigenvalue weighted by Gasteiger charge is 2.08. The summed E-state index contributed by atoms with van der Waals surface area (Å²) in [7, 11) is 0. The molecule has 0 aliphatic rings. The van der Waals surface area contributed by atoms with Gasteiger partial charge in [0.05, 0.1) is 5.52 Å². The van der Waals surface area contributed by atoms with Gasteiger partial charge in [-0.3, -0.25) is 15.4 Å². The van der Waals surface area contributed by atoms with Gasteiger partial charge in [0.2, 0.25) is 0 Å². The summed E-state index contributed by atoms with van der Waals surface area (Å²) in [6, 6.07) is 16.4. The molecule has 0 radical (unpaired) electrons. The molecule has 0 saturated heterocycles. The van der Waals surface area contributed by atoms with Crippen LogP contribution in [-0.2, 0) is 12.8 Å². The number of aromatic amines is 2. The van der Waals surface area contributed by atoms with Crippen molar-refractivity contribution in [2.24, 2.45) is 0 Å². The first-order chi connectivity index (χ1) is 13.2. The first-order valence-corrected chi connectivity index (χ1v) is 8.45. The van der Waals surface area contributed by atoms with Crippen molar-refractivity contribution in [3.8, 4) is 0 Å². The average Bonchev–Trinajstić information content (AvgIpc) is 3.25. The molecule has 27 heavy (non-hydrogen) atoms. The minimum absolute atomic E-state index is 0.376. The van der Waals surface area contributed by atoms with Gasteiger partial charge >= 0.3 is 11.8 Å². The normalized spacial score (nSPS) is 10.8. The summed E-state index contributed by atoms with van der Waals surface area (Å²) in [5.74, 6) is -0.101. The summed E-state index contributed by atoms with van der Waals surface area (Å²) in [6.07, 6.45) is 1.68. The van der Waals surface area contributed by atoms with E-state index in [2.05, 4.69) is 37.9 Å². The van der Waals surface area contributed by atoms with E-state index in [0.717, 1.165) is 18.5 Å². The zero-order chi connectivity index (χ0) is 18.6. The van der Waals surface area contributed by atoms with Crippen LogP contribution in [0.3, 0.4) is 0 Å². The summed E-state index contributed by atoms with van der Waals surface area (Å²) < 4.78 is 4.97. The highest BCUT2D eigenvalue weighted by Crippen LogP contribution is 2.17. The number of fused-ring (bicyclic) bond motifs is 1. The Morgan fingerprint density at radius 2 is 1.89 bits per heavy atom. The van der Waals surface area contributed by atoms with E-state index in [1.807, 2.05) is 18.2 Å². The molecule has 4 aromatic rings. The fourth-order valence-corrected chi connectivity index (χ4v) is 2.78. The maximum atomic E-state index is 12.1. The Balaban J connectivity index is 1.35. The van der Waals surface area contributed by atoms with Crippen molar-refractivity contribution in [2.75, 3.05) is 10.6 Å². The lowest BCUT2D eigenvalue weighted by Crippen LogP contribution is -2.19. The van der Waals surface area contributed by atoms with E-state index < -0.39 is 11.8 Å². The number of benzene rings is 2. The molecule has 8 heteroatoms. The summed E-state index contributed by atoms with van der Waals surface area (Å²) in [6.45, 7) is 0. The SMILES string of the molecule is O=C(Nc1ccc2[nH]c(=O)oc2c1)Nc1cc(CCc2ccccc2)[nH]n1. The van der Waals surface area contributed by atoms with Crippen LogP contribution in [0.2, 0.25) is 0 Å². The number of H-pyrrole nitrogens is 2. The molecule has 4 rings (SSSR count). The van der Waals surface area contributed by atoms with E-state index in [0.29, 0.717) is 22.6 Å². The molecule has 2 aromatic heterocycles. The number of carbonyl (C=O) groups is 1. The third kappa shape index (κ3) is 4.06. The molecule has 2 amide bonds. The number of aryl methyl sites for hydroxylation is 2. The van der Waals surface area contributed by atoms with Crippen molar-refractivity contribution in [3.05, 3.63) is 76.4 Å². The van der Waals surface area contributed by atoms with Gasteiger partial charge in [0.15, 0.2) is 11.4 Å². The van der Waals surface area contributed by atoms with Gasteiger partial charge in [-0.1, -0.05) is 30.3 Å². The molecule has 0 aliphatic carbocycles. The quantitative estimate of drug-likeness (QED) is 0.435. The number of oxazole rings is 1. The maximum absolute atomic E-state index is 12.1. The summed E-state index contributed by atoms with van der Waals surface area (Å²) >= 11 is 0. The molecule has 0 saturated carbocycles. The smallest absolute Gasteiger partial charge is 0.408 e. The predicted molar refractivity (Wildman–Crippen MR) is 102 cm³/mol. The highest BCUT2D eigenvalue weighted by atomic mass is 16.4. The highest BCUT2D eigenvalue weighted by molar-refractivity contribution is 6.00. The second-order valence-corrected chi connectivity index (χ2v) is 6.07. The molecule has 0 fully saturated rings. The number of aromatic nitrogens is 3. The summed E-state index contributed by atoms with van der Waals surface area (Å²) in [5.41, 5.74) is 3.63. The van der Waals surface area contributed by atoms with Gasteiger partial charge in [0.25, 0.3) is 0 Å². The number of nitrogens with zero attached hydrogens (tertiary/aromatic N) is 1. The molecular formula is C19H17N5O3. The van der Waals surface area contributed by atoms with E-state index in [-0.39, 0.29) is 0 Å². The fraction of sp³-hybridized carbons (Fsp3) is 0.105. The Morgan fingerprint density at radius 3 is 2.74 bits per heavy atom. The van der Waals surface area contributed by atoms with Gasteiger partial charge in [0.1, 0.15) is 0 Å². The molecule has 2 aromatic carbocycles. The standard InChI is InChI=1S/C19H17N5O3/c25-18(20-13-8-9-15-16(10-13)27-19(26)21-15)22-17-11-14(23-24-17)7-6-12-4-2-1-3-5-12/h1-5,8-11H,6-7H2,(H,21,26)(H3,20,22,23,24,25). The summed E-state index contributed by atoms with van der Waals surface area (Å²) in [5, 5.41) is 12.4. The van der Waals surface area contributed by atoms with E-state index in [9.17, 15) is 9.59 Å². The van der Waals surface area contributed by atoms with Crippen LogP contribution in [-0.4, -0.2) is 21.2 Å². The van der Waals surface area contributed by atoms with Crippen molar-refractivity contribution in [2.45, 2.75) is 12.8 Å². The van der Waals surface area contributed by atoms with E-state index in [1.54, 1.807) is 24.3 Å². The molecular weight excluding hydrogens is 346 g/mol. The van der Waals surface area contributed by atoms with Gasteiger partial charge in [-0.05, 0) is 30.5 Å². The van der Waals surface area contributed by atoms with Crippen LogP contribution in [0.5, 0.6) is 0 Å². The topological polar surface area (TPSA) is 116 Å². The van der Waals surface area contributed by atoms with Crippen LogP contribution in [0, 0.1) is 0 Å². The minimum atomic E-state index is -0.536. The maximum Gasteiger partial charge on any atom is 0.417 e. The van der Waals surface area contributed by atoms with Gasteiger partial charge < -0.3 is 9.73 Å². The Kier molecular flexibility index (Phi) is 4.44. The molecule has 0 bridgehead atoms. The molecule has 4 N–H and O–H groups in total. The number of anilines is 2. The van der Waals surface area contributed by atoms with Crippen LogP contribution in [0.4, 0.5) is 16.3 Å². The lowest BCUT2D eigenvalue weighted by Gasteiger charge is -2.04. The number of hydrogen-bond donors (Lipinski definition) is 4. The van der Waals surface area contributed by atoms with Gasteiger partial charge in [0, 0.05) is 23.5 Å². The van der Waals surface area contributed by atoms with Crippen molar-refractivity contribution in [3.63, 3.8) is 0 Å². The predicted octanol–water partition coefficient (Wildman–Crippen LogP) is 3.27. The van der Waals surface area contributed by atoms with E-state index >= 15 is 0 Å². The van der Waals surface area contributed by atoms with Crippen molar-refractivity contribution < 1.29 is 9.21 Å². The zero-order valence-electron chi connectivity index (χ0n) is 14.3. The zero-order valence-corrected chi connectivity index (χ0v) is 14.3. The number of hydrogen-bond acceptors (Lipinski definition) is 4. The van der Waals surface area contributed by atoms with Crippen molar-refractivity contribution >= 4 is 28.6 Å². The second kappa shape index (κ2) is 7.20. The first-order valence-electron chi connectivity index (χ1n) is 8.45. The molecule has 0 atom stereocenters. The largest absolute Gasteiger partial charge is 0.417 e. The lowest BCUT2D eigenvalue weighted by molar-refractivity contribution is 0.262. The third-order valence-electron chi connectivity index (χ3n) is 4.08. The number of carbonyl (C=O) groups excluding carboxylic acids is 1. The Labute approximate surface area is 153 Å². The van der Waals surface area contributed by atoms with Crippen LogP contribution in [0.25, 0.3) is 11.1 Å². The minimum Gasteiger partial charge on any atom is -0.408 e. The number of urea groups is 1. The monoisotopic (exact) mass is 363 g/mol. The summed E-state index contributed by atoms with van der Waals surface area (Å²) in [4.78, 5) is 25.9. The van der Waals surface area contributed by atoms with Crippen LogP contribution >= 0.6 is 0 Å². The van der Waals surface area contributed by atoms with Crippen LogP contribution < -0.4 is 16.4 Å². The third-order valence-corrected chi connectivity index (χ3v) is 4.08. The Hall–Kier alpha value is -3.81. The number of amides is 2. The fourth-order valence-electron chi connectivity index (χ4n) is 2.78. The van der Waals surface area contributed by atoms with E-state index in [1.165, 1.54) is 5.56 Å². The first kappa shape index (κ1) is 16.6. The molecule has 0 unspecified atom stereocenters. The Morgan fingerprint density at radius 1 is 1.04 bits per heavy atom. The van der Waals surface area contributed by atoms with Gasteiger partial charge in [-0.2, -0.15) is 5.10 Å². The number of rotatable bonds is 5. The number of nitrogens with one attached hydrogen (secondary N) is 4. The molecule has 0 spiro atoms. The molecule has 136 valence electrons. The van der Waals surface area contributed by atoms with Crippen molar-refractivity contribution in [1.82, 2.24) is 15.2 Å². The molecule has 0 aliphatic heterocycles. The van der Waals surface area contributed by atoms with Gasteiger partial charge in [-0.25, -0.2) is 9.59 Å². The van der Waals surface area contributed by atoms with Crippen molar-refractivity contribution in [1.29, 1.82) is 0 Å². The van der Waals surface area contributed by atoms with Crippen LogP contribution in [0.1, 0.15) is 11.3 Å². The lowest BCUT2D eigenvalue weighted by atomic mass is 10.1.